The lowest BCUT2D eigenvalue weighted by atomic mass is 9.76. The number of nitrogens with two attached hydrogens (primary N) is 1. The summed E-state index contributed by atoms with van der Waals surface area (Å²) in [4.78, 5) is 0. The maximum absolute atomic E-state index is 7.55. The molecule has 0 saturated heterocycles. The van der Waals surface area contributed by atoms with Crippen molar-refractivity contribution in [1.29, 1.82) is 5.41 Å². The lowest BCUT2D eigenvalue weighted by Crippen LogP contribution is -2.29. The summed E-state index contributed by atoms with van der Waals surface area (Å²) in [6, 6.07) is 5.78. The topological polar surface area (TPSA) is 49.9 Å². The number of hydrogen-bond acceptors (Lipinski definition) is 1. The number of halogens is 3. The molecule has 1 aliphatic carbocycles. The molecule has 100 valence electrons. The third-order valence-corrected chi connectivity index (χ3v) is 4.36. The molecule has 5 heteroatoms. The van der Waals surface area contributed by atoms with Gasteiger partial charge in [-0.15, -0.1) is 12.4 Å². The summed E-state index contributed by atoms with van der Waals surface area (Å²) >= 11 is 12.0. The van der Waals surface area contributed by atoms with Crippen molar-refractivity contribution in [3.63, 3.8) is 0 Å². The first-order valence-corrected chi connectivity index (χ1v) is 6.57. The first-order valence-electron chi connectivity index (χ1n) is 5.82. The van der Waals surface area contributed by atoms with Crippen molar-refractivity contribution < 1.29 is 0 Å². The van der Waals surface area contributed by atoms with E-state index in [1.165, 1.54) is 18.4 Å². The number of benzene rings is 1. The first-order chi connectivity index (χ1) is 8.03. The minimum atomic E-state index is 0. The minimum Gasteiger partial charge on any atom is -0.388 e. The van der Waals surface area contributed by atoms with Gasteiger partial charge in [-0.3, -0.25) is 5.41 Å². The van der Waals surface area contributed by atoms with Crippen molar-refractivity contribution in [3.05, 3.63) is 33.8 Å². The molecule has 0 unspecified atom stereocenters. The van der Waals surface area contributed by atoms with Crippen molar-refractivity contribution in [2.75, 3.05) is 0 Å². The zero-order valence-electron chi connectivity index (χ0n) is 10.0. The van der Waals surface area contributed by atoms with E-state index in [1.807, 2.05) is 18.2 Å². The number of rotatable bonds is 3. The van der Waals surface area contributed by atoms with E-state index in [2.05, 4.69) is 0 Å². The summed E-state index contributed by atoms with van der Waals surface area (Å²) in [5.74, 6) is 0.248. The molecular formula is C13H17Cl3N2. The second-order valence-corrected chi connectivity index (χ2v) is 5.63. The predicted molar refractivity (Wildman–Crippen MR) is 80.4 cm³/mol. The highest BCUT2D eigenvalue weighted by Crippen LogP contribution is 2.44. The molecule has 18 heavy (non-hydrogen) atoms. The average molecular weight is 308 g/mol. The van der Waals surface area contributed by atoms with Crippen LogP contribution in [0.5, 0.6) is 0 Å². The van der Waals surface area contributed by atoms with Gasteiger partial charge in [0, 0.05) is 11.8 Å². The number of amidine groups is 1. The Morgan fingerprint density at radius 1 is 1.22 bits per heavy atom. The fraction of sp³-hybridized carbons (Fsp3) is 0.462. The molecular weight excluding hydrogens is 291 g/mol. The molecule has 0 heterocycles. The smallest absolute Gasteiger partial charge is 0.0914 e. The van der Waals surface area contributed by atoms with E-state index in [0.717, 1.165) is 12.8 Å². The third-order valence-electron chi connectivity index (χ3n) is 3.62. The third kappa shape index (κ3) is 3.11. The maximum atomic E-state index is 7.55. The van der Waals surface area contributed by atoms with Crippen LogP contribution < -0.4 is 5.73 Å². The van der Waals surface area contributed by atoms with Crippen LogP contribution in [0.2, 0.25) is 10.0 Å². The first kappa shape index (κ1) is 15.6. The van der Waals surface area contributed by atoms with Crippen LogP contribution in [0, 0.1) is 5.41 Å². The molecule has 1 fully saturated rings. The fourth-order valence-corrected chi connectivity index (χ4v) is 3.11. The number of hydrogen-bond donors (Lipinski definition) is 2. The Balaban J connectivity index is 0.00000162. The van der Waals surface area contributed by atoms with Gasteiger partial charge < -0.3 is 5.73 Å². The molecule has 0 radical (unpaired) electrons. The van der Waals surface area contributed by atoms with Gasteiger partial charge in [0.15, 0.2) is 0 Å². The molecule has 3 N–H and O–H groups in total. The predicted octanol–water partition coefficient (Wildman–Crippen LogP) is 4.55. The highest BCUT2D eigenvalue weighted by atomic mass is 35.5. The highest BCUT2D eigenvalue weighted by Gasteiger charge is 2.36. The van der Waals surface area contributed by atoms with Gasteiger partial charge >= 0.3 is 0 Å². The fourth-order valence-electron chi connectivity index (χ4n) is 2.81. The largest absolute Gasteiger partial charge is 0.388 e. The van der Waals surface area contributed by atoms with Crippen LogP contribution in [0.15, 0.2) is 18.2 Å². The second-order valence-electron chi connectivity index (χ2n) is 4.82. The Kier molecular flexibility index (Phi) is 5.32. The Labute approximate surface area is 124 Å². The molecule has 0 atom stereocenters. The van der Waals surface area contributed by atoms with Crippen molar-refractivity contribution in [2.24, 2.45) is 5.73 Å². The van der Waals surface area contributed by atoms with Gasteiger partial charge in [-0.1, -0.05) is 42.1 Å². The summed E-state index contributed by atoms with van der Waals surface area (Å²) in [7, 11) is 0. The Morgan fingerprint density at radius 2 is 1.83 bits per heavy atom. The maximum Gasteiger partial charge on any atom is 0.0914 e. The van der Waals surface area contributed by atoms with E-state index in [0.29, 0.717) is 16.5 Å². The summed E-state index contributed by atoms with van der Waals surface area (Å²) in [6.07, 6.45) is 5.14. The van der Waals surface area contributed by atoms with Crippen LogP contribution in [0.1, 0.15) is 37.7 Å². The SMILES string of the molecule is Cl.N=C(N)CC1(c2ccc(Cl)c(Cl)c2)CCCC1. The van der Waals surface area contributed by atoms with E-state index in [-0.39, 0.29) is 23.7 Å². The lowest BCUT2D eigenvalue weighted by Gasteiger charge is -2.29. The lowest BCUT2D eigenvalue weighted by molar-refractivity contribution is 0.457. The van der Waals surface area contributed by atoms with E-state index < -0.39 is 0 Å². The van der Waals surface area contributed by atoms with Gasteiger partial charge in [0.2, 0.25) is 0 Å². The molecule has 0 aromatic heterocycles. The van der Waals surface area contributed by atoms with E-state index in [9.17, 15) is 0 Å². The molecule has 0 aliphatic heterocycles. The van der Waals surface area contributed by atoms with Crippen molar-refractivity contribution in [3.8, 4) is 0 Å². The molecule has 0 amide bonds. The Bertz CT molecular complexity index is 440. The van der Waals surface area contributed by atoms with Crippen LogP contribution in [-0.4, -0.2) is 5.84 Å². The quantitative estimate of drug-likeness (QED) is 0.624. The van der Waals surface area contributed by atoms with Crippen LogP contribution >= 0.6 is 35.6 Å². The van der Waals surface area contributed by atoms with Crippen molar-refractivity contribution in [2.45, 2.75) is 37.5 Å². The van der Waals surface area contributed by atoms with Crippen molar-refractivity contribution >= 4 is 41.4 Å². The summed E-state index contributed by atoms with van der Waals surface area (Å²) < 4.78 is 0. The second kappa shape index (κ2) is 6.14. The summed E-state index contributed by atoms with van der Waals surface area (Å²) in [5, 5.41) is 8.71. The van der Waals surface area contributed by atoms with Crippen LogP contribution in [0.4, 0.5) is 0 Å². The molecule has 1 aliphatic rings. The Morgan fingerprint density at radius 3 is 2.33 bits per heavy atom. The highest BCUT2D eigenvalue weighted by molar-refractivity contribution is 6.42. The Hall–Kier alpha value is -0.440. The molecule has 2 nitrogen and oxygen atoms in total. The normalized spacial score (nSPS) is 17.2. The van der Waals surface area contributed by atoms with Crippen molar-refractivity contribution in [1.82, 2.24) is 0 Å². The molecule has 1 aromatic carbocycles. The number of nitrogens with one attached hydrogen (secondary N) is 1. The average Bonchev–Trinajstić information content (AvgIpc) is 2.70. The van der Waals surface area contributed by atoms with E-state index >= 15 is 0 Å². The van der Waals surface area contributed by atoms with Gasteiger partial charge in [-0.25, -0.2) is 0 Å². The molecule has 0 bridgehead atoms. The summed E-state index contributed by atoms with van der Waals surface area (Å²) in [5.41, 5.74) is 6.75. The monoisotopic (exact) mass is 306 g/mol. The van der Waals surface area contributed by atoms with Crippen LogP contribution in [0.3, 0.4) is 0 Å². The van der Waals surface area contributed by atoms with Gasteiger partial charge in [0.05, 0.1) is 15.9 Å². The summed E-state index contributed by atoms with van der Waals surface area (Å²) in [6.45, 7) is 0. The van der Waals surface area contributed by atoms with Crippen LogP contribution in [0.25, 0.3) is 0 Å². The molecule has 0 spiro atoms. The minimum absolute atomic E-state index is 0. The van der Waals surface area contributed by atoms with E-state index in [1.54, 1.807) is 0 Å². The van der Waals surface area contributed by atoms with E-state index in [4.69, 9.17) is 34.3 Å². The molecule has 2 rings (SSSR count). The van der Waals surface area contributed by atoms with Gasteiger partial charge in [-0.2, -0.15) is 0 Å². The standard InChI is InChI=1S/C13H16Cl2N2.ClH/c14-10-4-3-9(7-11(10)15)13(8-12(16)17)5-1-2-6-13;/h3-4,7H,1-2,5-6,8H2,(H3,16,17);1H. The van der Waals surface area contributed by atoms with Gasteiger partial charge in [0.1, 0.15) is 0 Å². The zero-order chi connectivity index (χ0) is 12.5. The van der Waals surface area contributed by atoms with Gasteiger partial charge in [-0.05, 0) is 30.5 Å². The molecule has 1 aromatic rings. The van der Waals surface area contributed by atoms with Crippen LogP contribution in [-0.2, 0) is 5.41 Å². The molecule has 1 saturated carbocycles. The van der Waals surface area contributed by atoms with Gasteiger partial charge in [0.25, 0.3) is 0 Å². The zero-order valence-corrected chi connectivity index (χ0v) is 12.3.